The number of anilines is 1. The predicted molar refractivity (Wildman–Crippen MR) is 77.0 cm³/mol. The standard InChI is InChI=1S/C13H12N6O2/c20-19(21)10-1-2-12-11(5-10)13(18-8-17-12)15-4-3-9-6-14-7-16-9/h1-2,5-8H,3-4H2,(H,14,16)(H,15,17,18). The van der Waals surface area contributed by atoms with E-state index in [2.05, 4.69) is 25.3 Å². The van der Waals surface area contributed by atoms with Crippen LogP contribution in [-0.2, 0) is 6.42 Å². The number of nitro benzene ring substituents is 1. The molecular formula is C13H12N6O2. The molecule has 0 bridgehead atoms. The lowest BCUT2D eigenvalue weighted by Gasteiger charge is -2.07. The fourth-order valence-electron chi connectivity index (χ4n) is 2.04. The Morgan fingerprint density at radius 3 is 3.00 bits per heavy atom. The van der Waals surface area contributed by atoms with Gasteiger partial charge in [-0.15, -0.1) is 0 Å². The molecule has 8 nitrogen and oxygen atoms in total. The average Bonchev–Trinajstić information content (AvgIpc) is 3.00. The van der Waals surface area contributed by atoms with Crippen molar-refractivity contribution in [3.63, 3.8) is 0 Å². The van der Waals surface area contributed by atoms with Crippen LogP contribution in [-0.4, -0.2) is 31.4 Å². The number of nitrogens with one attached hydrogen (secondary N) is 2. The molecule has 1 aromatic carbocycles. The first-order valence-corrected chi connectivity index (χ1v) is 6.34. The van der Waals surface area contributed by atoms with Crippen molar-refractivity contribution in [3.05, 3.63) is 52.9 Å². The Kier molecular flexibility index (Phi) is 3.42. The molecule has 0 amide bonds. The van der Waals surface area contributed by atoms with Gasteiger partial charge >= 0.3 is 0 Å². The van der Waals surface area contributed by atoms with Crippen LogP contribution in [0.5, 0.6) is 0 Å². The molecule has 2 N–H and O–H groups in total. The molecule has 2 aromatic heterocycles. The summed E-state index contributed by atoms with van der Waals surface area (Å²) >= 11 is 0. The zero-order valence-corrected chi connectivity index (χ0v) is 11.0. The summed E-state index contributed by atoms with van der Waals surface area (Å²) in [6.07, 6.45) is 5.57. The topological polar surface area (TPSA) is 110 Å². The van der Waals surface area contributed by atoms with Crippen molar-refractivity contribution in [2.75, 3.05) is 11.9 Å². The monoisotopic (exact) mass is 284 g/mol. The number of fused-ring (bicyclic) bond motifs is 1. The number of nitrogens with zero attached hydrogens (tertiary/aromatic N) is 4. The molecule has 2 heterocycles. The second-order valence-electron chi connectivity index (χ2n) is 4.43. The molecule has 0 aliphatic carbocycles. The first-order valence-electron chi connectivity index (χ1n) is 6.34. The maximum absolute atomic E-state index is 10.9. The Labute approximate surface area is 119 Å². The van der Waals surface area contributed by atoms with Crippen molar-refractivity contribution >= 4 is 22.4 Å². The molecule has 0 saturated carbocycles. The summed E-state index contributed by atoms with van der Waals surface area (Å²) in [5.41, 5.74) is 1.69. The molecule has 0 aliphatic heterocycles. The summed E-state index contributed by atoms with van der Waals surface area (Å²) in [7, 11) is 0. The minimum Gasteiger partial charge on any atom is -0.369 e. The molecule has 0 unspecified atom stereocenters. The van der Waals surface area contributed by atoms with Crippen LogP contribution >= 0.6 is 0 Å². The first-order chi connectivity index (χ1) is 10.2. The third-order valence-electron chi connectivity index (χ3n) is 3.07. The zero-order chi connectivity index (χ0) is 14.7. The second-order valence-corrected chi connectivity index (χ2v) is 4.43. The molecule has 3 aromatic rings. The average molecular weight is 284 g/mol. The number of hydrogen-bond donors (Lipinski definition) is 2. The SMILES string of the molecule is O=[N+]([O-])c1ccc2ncnc(NCCc3cnc[nH]3)c2c1. The minimum absolute atomic E-state index is 0.0221. The van der Waals surface area contributed by atoms with Gasteiger partial charge in [-0.05, 0) is 6.07 Å². The predicted octanol–water partition coefficient (Wildman–Crippen LogP) is 1.92. The van der Waals surface area contributed by atoms with Crippen LogP contribution < -0.4 is 5.32 Å². The van der Waals surface area contributed by atoms with Gasteiger partial charge in [0.2, 0.25) is 0 Å². The lowest BCUT2D eigenvalue weighted by molar-refractivity contribution is -0.384. The Bertz CT molecular complexity index is 771. The van der Waals surface area contributed by atoms with Crippen LogP contribution in [0.4, 0.5) is 11.5 Å². The Morgan fingerprint density at radius 2 is 2.24 bits per heavy atom. The second kappa shape index (κ2) is 5.53. The van der Waals surface area contributed by atoms with E-state index in [1.165, 1.54) is 18.5 Å². The third kappa shape index (κ3) is 2.78. The number of nitro groups is 1. The number of hydrogen-bond acceptors (Lipinski definition) is 6. The number of rotatable bonds is 5. The number of benzene rings is 1. The number of aromatic amines is 1. The Hall–Kier alpha value is -3.03. The Morgan fingerprint density at radius 1 is 1.33 bits per heavy atom. The van der Waals surface area contributed by atoms with Crippen LogP contribution in [0.1, 0.15) is 5.69 Å². The maximum atomic E-state index is 10.9. The van der Waals surface area contributed by atoms with Gasteiger partial charge in [-0.25, -0.2) is 15.0 Å². The largest absolute Gasteiger partial charge is 0.369 e. The Balaban J connectivity index is 1.83. The van der Waals surface area contributed by atoms with Gasteiger partial charge in [-0.1, -0.05) is 0 Å². The highest BCUT2D eigenvalue weighted by atomic mass is 16.6. The third-order valence-corrected chi connectivity index (χ3v) is 3.07. The molecule has 0 spiro atoms. The summed E-state index contributed by atoms with van der Waals surface area (Å²) < 4.78 is 0. The van der Waals surface area contributed by atoms with E-state index < -0.39 is 4.92 Å². The maximum Gasteiger partial charge on any atom is 0.270 e. The normalized spacial score (nSPS) is 10.7. The van der Waals surface area contributed by atoms with Gasteiger partial charge in [0.15, 0.2) is 0 Å². The summed E-state index contributed by atoms with van der Waals surface area (Å²) in [5, 5.41) is 14.7. The van der Waals surface area contributed by atoms with E-state index >= 15 is 0 Å². The number of imidazole rings is 1. The van der Waals surface area contributed by atoms with Crippen molar-refractivity contribution in [2.24, 2.45) is 0 Å². The highest BCUT2D eigenvalue weighted by molar-refractivity contribution is 5.90. The molecule has 0 fully saturated rings. The van der Waals surface area contributed by atoms with E-state index in [-0.39, 0.29) is 5.69 Å². The minimum atomic E-state index is -0.430. The van der Waals surface area contributed by atoms with Crippen LogP contribution in [0, 0.1) is 10.1 Å². The first kappa shape index (κ1) is 13.0. The van der Waals surface area contributed by atoms with Gasteiger partial charge < -0.3 is 10.3 Å². The van der Waals surface area contributed by atoms with Crippen LogP contribution in [0.25, 0.3) is 10.9 Å². The molecule has 106 valence electrons. The van der Waals surface area contributed by atoms with Gasteiger partial charge in [0.05, 0.1) is 16.8 Å². The van der Waals surface area contributed by atoms with E-state index in [1.807, 2.05) is 0 Å². The van der Waals surface area contributed by atoms with Crippen molar-refractivity contribution < 1.29 is 4.92 Å². The molecule has 8 heteroatoms. The molecule has 0 atom stereocenters. The van der Waals surface area contributed by atoms with Crippen LogP contribution in [0.2, 0.25) is 0 Å². The molecule has 0 radical (unpaired) electrons. The summed E-state index contributed by atoms with van der Waals surface area (Å²) in [4.78, 5) is 25.7. The number of H-pyrrole nitrogens is 1. The van der Waals surface area contributed by atoms with Crippen molar-refractivity contribution in [2.45, 2.75) is 6.42 Å². The van der Waals surface area contributed by atoms with E-state index in [0.29, 0.717) is 23.3 Å². The van der Waals surface area contributed by atoms with Gasteiger partial charge in [-0.2, -0.15) is 0 Å². The van der Waals surface area contributed by atoms with Crippen LogP contribution in [0.3, 0.4) is 0 Å². The van der Waals surface area contributed by atoms with Crippen molar-refractivity contribution in [1.82, 2.24) is 19.9 Å². The van der Waals surface area contributed by atoms with Crippen LogP contribution in [0.15, 0.2) is 37.1 Å². The van der Waals surface area contributed by atoms with Crippen molar-refractivity contribution in [1.29, 1.82) is 0 Å². The quantitative estimate of drug-likeness (QED) is 0.547. The van der Waals surface area contributed by atoms with Gasteiger partial charge in [-0.3, -0.25) is 10.1 Å². The fourth-order valence-corrected chi connectivity index (χ4v) is 2.04. The summed E-state index contributed by atoms with van der Waals surface area (Å²) in [5.74, 6) is 0.586. The van der Waals surface area contributed by atoms with Gasteiger partial charge in [0.25, 0.3) is 5.69 Å². The number of non-ortho nitro benzene ring substituents is 1. The smallest absolute Gasteiger partial charge is 0.270 e. The lowest BCUT2D eigenvalue weighted by Crippen LogP contribution is -2.07. The number of aromatic nitrogens is 4. The van der Waals surface area contributed by atoms with Gasteiger partial charge in [0, 0.05) is 42.4 Å². The van der Waals surface area contributed by atoms with E-state index in [9.17, 15) is 10.1 Å². The molecule has 0 aliphatic rings. The van der Waals surface area contributed by atoms with Gasteiger partial charge in [0.1, 0.15) is 12.1 Å². The zero-order valence-electron chi connectivity index (χ0n) is 11.0. The molecular weight excluding hydrogens is 272 g/mol. The fraction of sp³-hybridized carbons (Fsp3) is 0.154. The van der Waals surface area contributed by atoms with E-state index in [0.717, 1.165) is 12.1 Å². The highest BCUT2D eigenvalue weighted by Gasteiger charge is 2.10. The molecule has 21 heavy (non-hydrogen) atoms. The van der Waals surface area contributed by atoms with Crippen molar-refractivity contribution in [3.8, 4) is 0 Å². The molecule has 0 saturated heterocycles. The lowest BCUT2D eigenvalue weighted by atomic mass is 10.2. The molecule has 3 rings (SSSR count). The van der Waals surface area contributed by atoms with E-state index in [4.69, 9.17) is 0 Å². The summed E-state index contributed by atoms with van der Waals surface area (Å²) in [6, 6.07) is 4.53. The van der Waals surface area contributed by atoms with E-state index in [1.54, 1.807) is 18.6 Å². The highest BCUT2D eigenvalue weighted by Crippen LogP contribution is 2.24. The summed E-state index contributed by atoms with van der Waals surface area (Å²) in [6.45, 7) is 0.636.